The first kappa shape index (κ1) is 16.8. The fraction of sp³-hybridized carbons (Fsp3) is 0.381. The molecule has 0 aliphatic heterocycles. The molecule has 134 valence electrons. The van der Waals surface area contributed by atoms with Gasteiger partial charge in [0.25, 0.3) is 5.91 Å². The molecule has 26 heavy (non-hydrogen) atoms. The van der Waals surface area contributed by atoms with Crippen LogP contribution in [0.2, 0.25) is 0 Å². The van der Waals surface area contributed by atoms with Crippen LogP contribution in [-0.4, -0.2) is 27.2 Å². The van der Waals surface area contributed by atoms with Gasteiger partial charge in [-0.15, -0.1) is 0 Å². The van der Waals surface area contributed by atoms with E-state index in [0.29, 0.717) is 18.0 Å². The standard InChI is InChI=1S/C21H24N4O/c1-13(15-7-5-4-6-8-15)12-22-21(26)17-11-18(16-9-10-16)23-20-19(17)14(2)24-25(20)3/h4-8,11,13,16H,9-10,12H2,1-3H3,(H,22,26). The van der Waals surface area contributed by atoms with Crippen LogP contribution in [0.5, 0.6) is 0 Å². The first-order valence-electron chi connectivity index (χ1n) is 9.22. The van der Waals surface area contributed by atoms with Crippen molar-refractivity contribution in [1.82, 2.24) is 20.1 Å². The zero-order chi connectivity index (χ0) is 18.3. The van der Waals surface area contributed by atoms with E-state index in [4.69, 9.17) is 4.98 Å². The number of aromatic nitrogens is 3. The molecular formula is C21H24N4O. The Bertz CT molecular complexity index is 957. The normalized spacial score (nSPS) is 15.2. The molecule has 0 spiro atoms. The van der Waals surface area contributed by atoms with Crippen molar-refractivity contribution in [3.63, 3.8) is 0 Å². The topological polar surface area (TPSA) is 59.8 Å². The fourth-order valence-corrected chi connectivity index (χ4v) is 3.47. The molecule has 1 aromatic carbocycles. The van der Waals surface area contributed by atoms with Crippen LogP contribution in [-0.2, 0) is 7.05 Å². The smallest absolute Gasteiger partial charge is 0.252 e. The number of fused-ring (bicyclic) bond motifs is 1. The molecule has 3 aromatic rings. The molecule has 0 saturated heterocycles. The summed E-state index contributed by atoms with van der Waals surface area (Å²) in [6.07, 6.45) is 2.31. The molecule has 4 rings (SSSR count). The summed E-state index contributed by atoms with van der Waals surface area (Å²) in [5.41, 5.74) is 4.58. The van der Waals surface area contributed by atoms with Gasteiger partial charge in [0, 0.05) is 25.2 Å². The molecular weight excluding hydrogens is 324 g/mol. The highest BCUT2D eigenvalue weighted by atomic mass is 16.1. The highest BCUT2D eigenvalue weighted by Crippen LogP contribution is 2.40. The molecule has 1 saturated carbocycles. The molecule has 1 atom stereocenters. The van der Waals surface area contributed by atoms with Crippen molar-refractivity contribution in [2.45, 2.75) is 38.5 Å². The molecule has 2 aromatic heterocycles. The highest BCUT2D eigenvalue weighted by molar-refractivity contribution is 6.06. The Morgan fingerprint density at radius 3 is 2.73 bits per heavy atom. The summed E-state index contributed by atoms with van der Waals surface area (Å²) in [5, 5.41) is 8.44. The van der Waals surface area contributed by atoms with Crippen LogP contribution in [0.3, 0.4) is 0 Å². The number of benzene rings is 1. The van der Waals surface area contributed by atoms with Crippen LogP contribution in [0.25, 0.3) is 11.0 Å². The van der Waals surface area contributed by atoms with E-state index in [0.717, 1.165) is 35.3 Å². The summed E-state index contributed by atoms with van der Waals surface area (Å²) in [5.74, 6) is 0.706. The molecule has 1 aliphatic rings. The molecule has 1 N–H and O–H groups in total. The number of rotatable bonds is 5. The summed E-state index contributed by atoms with van der Waals surface area (Å²) >= 11 is 0. The third-order valence-electron chi connectivity index (χ3n) is 5.17. The molecule has 1 amide bonds. The van der Waals surface area contributed by atoms with Gasteiger partial charge in [0.2, 0.25) is 0 Å². The van der Waals surface area contributed by atoms with Crippen molar-refractivity contribution in [3.05, 3.63) is 58.9 Å². The van der Waals surface area contributed by atoms with E-state index < -0.39 is 0 Å². The average Bonchev–Trinajstić information content (AvgIpc) is 3.46. The van der Waals surface area contributed by atoms with E-state index in [1.165, 1.54) is 5.56 Å². The first-order valence-corrected chi connectivity index (χ1v) is 9.22. The molecule has 0 radical (unpaired) electrons. The Kier molecular flexibility index (Phi) is 4.23. The summed E-state index contributed by atoms with van der Waals surface area (Å²) < 4.78 is 1.78. The number of pyridine rings is 1. The average molecular weight is 348 g/mol. The molecule has 1 unspecified atom stereocenters. The lowest BCUT2D eigenvalue weighted by Gasteiger charge is -2.14. The van der Waals surface area contributed by atoms with Crippen LogP contribution < -0.4 is 5.32 Å². The van der Waals surface area contributed by atoms with Crippen molar-refractivity contribution in [2.24, 2.45) is 7.05 Å². The van der Waals surface area contributed by atoms with Crippen molar-refractivity contribution in [3.8, 4) is 0 Å². The van der Waals surface area contributed by atoms with E-state index in [9.17, 15) is 4.79 Å². The minimum Gasteiger partial charge on any atom is -0.351 e. The van der Waals surface area contributed by atoms with E-state index in [1.807, 2.05) is 38.2 Å². The van der Waals surface area contributed by atoms with Crippen molar-refractivity contribution < 1.29 is 4.79 Å². The zero-order valence-electron chi connectivity index (χ0n) is 15.5. The lowest BCUT2D eigenvalue weighted by atomic mass is 10.0. The van der Waals surface area contributed by atoms with Crippen molar-refractivity contribution in [1.29, 1.82) is 0 Å². The Morgan fingerprint density at radius 1 is 1.31 bits per heavy atom. The quantitative estimate of drug-likeness (QED) is 0.765. The number of amides is 1. The Hall–Kier alpha value is -2.69. The lowest BCUT2D eigenvalue weighted by molar-refractivity contribution is 0.0953. The predicted molar refractivity (Wildman–Crippen MR) is 102 cm³/mol. The molecule has 0 bridgehead atoms. The maximum absolute atomic E-state index is 13.0. The van der Waals surface area contributed by atoms with Gasteiger partial charge in [-0.1, -0.05) is 37.3 Å². The lowest BCUT2D eigenvalue weighted by Crippen LogP contribution is -2.28. The van der Waals surface area contributed by atoms with Gasteiger partial charge in [-0.3, -0.25) is 9.48 Å². The number of nitrogens with zero attached hydrogens (tertiary/aromatic N) is 3. The Balaban J connectivity index is 1.62. The molecule has 5 nitrogen and oxygen atoms in total. The second kappa shape index (κ2) is 6.56. The van der Waals surface area contributed by atoms with E-state index in [2.05, 4.69) is 29.5 Å². The second-order valence-electron chi connectivity index (χ2n) is 7.30. The summed E-state index contributed by atoms with van der Waals surface area (Å²) in [7, 11) is 1.89. The maximum Gasteiger partial charge on any atom is 0.252 e. The van der Waals surface area contributed by atoms with Gasteiger partial charge in [-0.05, 0) is 37.3 Å². The highest BCUT2D eigenvalue weighted by Gasteiger charge is 2.28. The van der Waals surface area contributed by atoms with Crippen LogP contribution in [0, 0.1) is 6.92 Å². The minimum atomic E-state index is -0.0434. The Labute approximate surface area is 153 Å². The summed E-state index contributed by atoms with van der Waals surface area (Å²) in [6, 6.07) is 12.2. The summed E-state index contributed by atoms with van der Waals surface area (Å²) in [6.45, 7) is 4.66. The monoisotopic (exact) mass is 348 g/mol. The van der Waals surface area contributed by atoms with Crippen molar-refractivity contribution >= 4 is 16.9 Å². The third kappa shape index (κ3) is 3.09. The number of carbonyl (C=O) groups excluding carboxylic acids is 1. The zero-order valence-corrected chi connectivity index (χ0v) is 15.5. The summed E-state index contributed by atoms with van der Waals surface area (Å²) in [4.78, 5) is 17.7. The van der Waals surface area contributed by atoms with E-state index in [-0.39, 0.29) is 11.8 Å². The van der Waals surface area contributed by atoms with Crippen LogP contribution >= 0.6 is 0 Å². The minimum absolute atomic E-state index is 0.0434. The fourth-order valence-electron chi connectivity index (χ4n) is 3.47. The predicted octanol–water partition coefficient (Wildman–Crippen LogP) is 3.69. The van der Waals surface area contributed by atoms with E-state index in [1.54, 1.807) is 4.68 Å². The van der Waals surface area contributed by atoms with Gasteiger partial charge in [0.15, 0.2) is 5.65 Å². The second-order valence-corrected chi connectivity index (χ2v) is 7.30. The number of hydrogen-bond acceptors (Lipinski definition) is 3. The van der Waals surface area contributed by atoms with Gasteiger partial charge in [-0.25, -0.2) is 4.98 Å². The van der Waals surface area contributed by atoms with Gasteiger partial charge in [0.1, 0.15) is 0 Å². The van der Waals surface area contributed by atoms with Crippen LogP contribution in [0.1, 0.15) is 58.9 Å². The third-order valence-corrected chi connectivity index (χ3v) is 5.17. The van der Waals surface area contributed by atoms with Gasteiger partial charge in [0.05, 0.1) is 16.6 Å². The number of aryl methyl sites for hydroxylation is 2. The van der Waals surface area contributed by atoms with Gasteiger partial charge >= 0.3 is 0 Å². The molecule has 5 heteroatoms. The molecule has 2 heterocycles. The first-order chi connectivity index (χ1) is 12.5. The van der Waals surface area contributed by atoms with Crippen LogP contribution in [0.15, 0.2) is 36.4 Å². The molecule has 1 fully saturated rings. The Morgan fingerprint density at radius 2 is 2.04 bits per heavy atom. The number of hydrogen-bond donors (Lipinski definition) is 1. The van der Waals surface area contributed by atoms with E-state index >= 15 is 0 Å². The number of nitrogens with one attached hydrogen (secondary N) is 1. The van der Waals surface area contributed by atoms with Gasteiger partial charge < -0.3 is 5.32 Å². The van der Waals surface area contributed by atoms with Gasteiger partial charge in [-0.2, -0.15) is 5.10 Å². The maximum atomic E-state index is 13.0. The molecule has 1 aliphatic carbocycles. The van der Waals surface area contributed by atoms with Crippen LogP contribution in [0.4, 0.5) is 0 Å². The SMILES string of the molecule is Cc1nn(C)c2nc(C3CC3)cc(C(=O)NCC(C)c3ccccc3)c12. The number of carbonyl (C=O) groups is 1. The largest absolute Gasteiger partial charge is 0.351 e. The van der Waals surface area contributed by atoms with Crippen molar-refractivity contribution in [2.75, 3.05) is 6.54 Å².